The van der Waals surface area contributed by atoms with E-state index in [4.69, 9.17) is 5.73 Å². The van der Waals surface area contributed by atoms with Gasteiger partial charge in [0.2, 0.25) is 5.82 Å². The molecule has 26 heavy (non-hydrogen) atoms. The Hall–Kier alpha value is -1.78. The first-order chi connectivity index (χ1) is 12.4. The Labute approximate surface area is 164 Å². The minimum absolute atomic E-state index is 0.0562. The molecule has 1 aliphatic heterocycles. The maximum Gasteiger partial charge on any atom is 0.335 e. The van der Waals surface area contributed by atoms with Crippen LogP contribution in [0.1, 0.15) is 30.5 Å². The van der Waals surface area contributed by atoms with Crippen molar-refractivity contribution < 1.29 is 4.92 Å². The number of pyridine rings is 1. The molecule has 1 saturated heterocycles. The summed E-state index contributed by atoms with van der Waals surface area (Å²) >= 11 is 5.09. The highest BCUT2D eigenvalue weighted by molar-refractivity contribution is 9.10. The third kappa shape index (κ3) is 3.97. The molecule has 2 aromatic heterocycles. The Morgan fingerprint density at radius 1 is 1.38 bits per heavy atom. The molecule has 0 aromatic carbocycles. The molecule has 0 radical (unpaired) electrons. The van der Waals surface area contributed by atoms with Gasteiger partial charge in [0.05, 0.1) is 20.1 Å². The summed E-state index contributed by atoms with van der Waals surface area (Å²) in [4.78, 5) is 23.9. The lowest BCUT2D eigenvalue weighted by Gasteiger charge is -2.35. The predicted molar refractivity (Wildman–Crippen MR) is 107 cm³/mol. The van der Waals surface area contributed by atoms with Gasteiger partial charge in [-0.3, -0.25) is 15.0 Å². The third-order valence-corrected chi connectivity index (χ3v) is 6.10. The van der Waals surface area contributed by atoms with Crippen LogP contribution in [0.15, 0.2) is 16.0 Å². The van der Waals surface area contributed by atoms with Gasteiger partial charge < -0.3 is 10.6 Å². The molecule has 1 fully saturated rings. The monoisotopic (exact) mass is 440 g/mol. The molecule has 10 heteroatoms. The number of nitro groups is 1. The average molecular weight is 441 g/mol. The van der Waals surface area contributed by atoms with E-state index in [-0.39, 0.29) is 11.5 Å². The van der Waals surface area contributed by atoms with Crippen LogP contribution >= 0.6 is 27.3 Å². The minimum atomic E-state index is -0.461. The van der Waals surface area contributed by atoms with Crippen molar-refractivity contribution in [3.63, 3.8) is 0 Å². The SMILES string of the molecule is CC(C)c1nc(CN2CCN(c3c(Br)cnc(N)c3[N+](=O)[O-])CC2)cs1. The molecule has 0 aliphatic carbocycles. The van der Waals surface area contributed by atoms with Gasteiger partial charge in [0.1, 0.15) is 5.69 Å². The lowest BCUT2D eigenvalue weighted by Crippen LogP contribution is -2.46. The smallest absolute Gasteiger partial charge is 0.335 e. The number of nitrogen functional groups attached to an aromatic ring is 1. The summed E-state index contributed by atoms with van der Waals surface area (Å²) in [6.07, 6.45) is 1.52. The summed E-state index contributed by atoms with van der Waals surface area (Å²) in [6.45, 7) is 8.08. The first-order valence-electron chi connectivity index (χ1n) is 8.36. The highest BCUT2D eigenvalue weighted by Crippen LogP contribution is 2.39. The van der Waals surface area contributed by atoms with Crippen molar-refractivity contribution in [3.05, 3.63) is 36.9 Å². The second-order valence-corrected chi connectivity index (χ2v) is 8.28. The van der Waals surface area contributed by atoms with Gasteiger partial charge in [0, 0.05) is 50.2 Å². The zero-order chi connectivity index (χ0) is 18.8. The molecule has 0 unspecified atom stereocenters. The first-order valence-corrected chi connectivity index (χ1v) is 10.0. The number of hydrogen-bond donors (Lipinski definition) is 1. The molecule has 0 atom stereocenters. The van der Waals surface area contributed by atoms with Gasteiger partial charge in [0.15, 0.2) is 0 Å². The van der Waals surface area contributed by atoms with E-state index in [2.05, 4.69) is 50.0 Å². The lowest BCUT2D eigenvalue weighted by atomic mass is 10.2. The summed E-state index contributed by atoms with van der Waals surface area (Å²) in [5.41, 5.74) is 7.21. The van der Waals surface area contributed by atoms with Crippen LogP contribution in [0.5, 0.6) is 0 Å². The number of nitrogens with zero attached hydrogens (tertiary/aromatic N) is 5. The summed E-state index contributed by atoms with van der Waals surface area (Å²) in [5.74, 6) is 0.389. The Bertz CT molecular complexity index is 804. The van der Waals surface area contributed by atoms with Crippen LogP contribution < -0.4 is 10.6 Å². The lowest BCUT2D eigenvalue weighted by molar-refractivity contribution is -0.383. The van der Waals surface area contributed by atoms with E-state index in [9.17, 15) is 10.1 Å². The first kappa shape index (κ1) is 19.0. The van der Waals surface area contributed by atoms with E-state index in [1.807, 2.05) is 4.90 Å². The zero-order valence-corrected chi connectivity index (χ0v) is 17.1. The fourth-order valence-electron chi connectivity index (χ4n) is 2.98. The van der Waals surface area contributed by atoms with Crippen molar-refractivity contribution >= 4 is 44.5 Å². The number of nitrogens with two attached hydrogens (primary N) is 1. The maximum absolute atomic E-state index is 11.4. The van der Waals surface area contributed by atoms with Gasteiger partial charge >= 0.3 is 5.69 Å². The number of aromatic nitrogens is 2. The van der Waals surface area contributed by atoms with Crippen LogP contribution in [0.25, 0.3) is 0 Å². The molecule has 2 aromatic rings. The van der Waals surface area contributed by atoms with Crippen LogP contribution in [0.4, 0.5) is 17.2 Å². The van der Waals surface area contributed by atoms with E-state index < -0.39 is 4.92 Å². The highest BCUT2D eigenvalue weighted by Gasteiger charge is 2.29. The van der Waals surface area contributed by atoms with Crippen molar-refractivity contribution in [2.45, 2.75) is 26.3 Å². The fourth-order valence-corrected chi connectivity index (χ4v) is 4.35. The molecule has 0 spiro atoms. The summed E-state index contributed by atoms with van der Waals surface area (Å²) < 4.78 is 0.591. The predicted octanol–water partition coefficient (Wildman–Crippen LogP) is 3.24. The van der Waals surface area contributed by atoms with E-state index in [0.29, 0.717) is 29.2 Å². The Balaban J connectivity index is 1.69. The van der Waals surface area contributed by atoms with Crippen molar-refractivity contribution in [2.75, 3.05) is 36.8 Å². The summed E-state index contributed by atoms with van der Waals surface area (Å²) in [5, 5.41) is 14.7. The van der Waals surface area contributed by atoms with Gasteiger partial charge in [0.25, 0.3) is 0 Å². The van der Waals surface area contributed by atoms with Gasteiger partial charge in [-0.15, -0.1) is 11.3 Å². The molecule has 8 nitrogen and oxygen atoms in total. The topological polar surface area (TPSA) is 101 Å². The third-order valence-electron chi connectivity index (χ3n) is 4.33. The van der Waals surface area contributed by atoms with Crippen molar-refractivity contribution in [1.29, 1.82) is 0 Å². The molecule has 140 valence electrons. The second kappa shape index (κ2) is 7.85. The molecular weight excluding hydrogens is 420 g/mol. The molecule has 0 saturated carbocycles. The van der Waals surface area contributed by atoms with Crippen molar-refractivity contribution in [3.8, 4) is 0 Å². The van der Waals surface area contributed by atoms with Crippen molar-refractivity contribution in [1.82, 2.24) is 14.9 Å². The standard InChI is InChI=1S/C16H21BrN6O2S/c1-10(2)16-20-11(9-26-16)8-21-3-5-22(6-4-21)13-12(17)7-19-15(18)14(13)23(24)25/h7,9-10H,3-6,8H2,1-2H3,(H2,18,19). The van der Waals surface area contributed by atoms with Crippen LogP contribution in [0, 0.1) is 10.1 Å². The number of halogens is 1. The van der Waals surface area contributed by atoms with Gasteiger partial charge in [-0.1, -0.05) is 13.8 Å². The van der Waals surface area contributed by atoms with Gasteiger partial charge in [-0.2, -0.15) is 0 Å². The van der Waals surface area contributed by atoms with E-state index >= 15 is 0 Å². The van der Waals surface area contributed by atoms with E-state index in [0.717, 1.165) is 30.3 Å². The molecule has 1 aliphatic rings. The summed E-state index contributed by atoms with van der Waals surface area (Å²) in [6, 6.07) is 0. The number of anilines is 2. The highest BCUT2D eigenvalue weighted by atomic mass is 79.9. The molecule has 3 heterocycles. The molecular formula is C16H21BrN6O2S. The second-order valence-electron chi connectivity index (χ2n) is 6.54. The minimum Gasteiger partial charge on any atom is -0.378 e. The fraction of sp³-hybridized carbons (Fsp3) is 0.500. The Morgan fingerprint density at radius 3 is 2.65 bits per heavy atom. The summed E-state index contributed by atoms with van der Waals surface area (Å²) in [7, 11) is 0. The zero-order valence-electron chi connectivity index (χ0n) is 14.7. The maximum atomic E-state index is 11.4. The molecule has 3 rings (SSSR count). The number of piperazine rings is 1. The van der Waals surface area contributed by atoms with E-state index in [1.54, 1.807) is 11.3 Å². The van der Waals surface area contributed by atoms with Gasteiger partial charge in [-0.25, -0.2) is 9.97 Å². The number of rotatable bonds is 5. The molecule has 0 bridgehead atoms. The number of thiazole rings is 1. The van der Waals surface area contributed by atoms with Gasteiger partial charge in [-0.05, 0) is 15.9 Å². The average Bonchev–Trinajstić information content (AvgIpc) is 3.06. The normalized spacial score (nSPS) is 15.6. The van der Waals surface area contributed by atoms with Crippen LogP contribution in [0.3, 0.4) is 0 Å². The Morgan fingerprint density at radius 2 is 2.08 bits per heavy atom. The van der Waals surface area contributed by atoms with Crippen LogP contribution in [-0.4, -0.2) is 46.0 Å². The Kier molecular flexibility index (Phi) is 5.73. The largest absolute Gasteiger partial charge is 0.378 e. The van der Waals surface area contributed by atoms with Crippen LogP contribution in [0.2, 0.25) is 0 Å². The van der Waals surface area contributed by atoms with Crippen LogP contribution in [-0.2, 0) is 6.54 Å². The van der Waals surface area contributed by atoms with E-state index in [1.165, 1.54) is 6.20 Å². The molecule has 0 amide bonds. The van der Waals surface area contributed by atoms with Crippen molar-refractivity contribution in [2.24, 2.45) is 0 Å². The molecule has 2 N–H and O–H groups in total. The quantitative estimate of drug-likeness (QED) is 0.562. The number of hydrogen-bond acceptors (Lipinski definition) is 8.